The number of fused-ring (bicyclic) bond motifs is 1. The maximum absolute atomic E-state index is 12.7. The second-order valence-electron chi connectivity index (χ2n) is 7.02. The van der Waals surface area contributed by atoms with E-state index in [1.807, 2.05) is 11.7 Å². The fourth-order valence-corrected chi connectivity index (χ4v) is 3.87. The Balaban J connectivity index is 1.40. The molecule has 0 saturated carbocycles. The second kappa shape index (κ2) is 7.55. The number of amides is 1. The first-order valence-electron chi connectivity index (χ1n) is 9.19. The van der Waals surface area contributed by atoms with E-state index in [-0.39, 0.29) is 11.8 Å². The molecule has 1 amide bonds. The average molecular weight is 359 g/mol. The van der Waals surface area contributed by atoms with Gasteiger partial charge >= 0.3 is 0 Å². The Morgan fingerprint density at radius 2 is 2.23 bits per heavy atom. The van der Waals surface area contributed by atoms with Crippen LogP contribution < -0.4 is 0 Å². The van der Waals surface area contributed by atoms with Crippen LogP contribution in [0.2, 0.25) is 0 Å². The number of H-pyrrole nitrogens is 1. The van der Waals surface area contributed by atoms with E-state index in [0.717, 1.165) is 17.9 Å². The lowest BCUT2D eigenvalue weighted by molar-refractivity contribution is 0.0599. The highest BCUT2D eigenvalue weighted by Gasteiger charge is 2.33. The zero-order valence-corrected chi connectivity index (χ0v) is 15.1. The zero-order valence-electron chi connectivity index (χ0n) is 15.1. The molecule has 2 aromatic heterocycles. The van der Waals surface area contributed by atoms with Gasteiger partial charge in [0.1, 0.15) is 11.4 Å². The minimum atomic E-state index is -0.0686. The smallest absolute Gasteiger partial charge is 0.272 e. The Hall–Kier alpha value is -2.26. The number of hydrogen-bond donors (Lipinski definition) is 1. The first-order valence-corrected chi connectivity index (χ1v) is 9.19. The van der Waals surface area contributed by atoms with Crippen molar-refractivity contribution in [3.8, 4) is 0 Å². The standard InChI is InChI=1S/C17H25N7O2/c1-22-16-13(12-26-9-8-23-6-2-3-7-23)10-24(11-15(16)20-21-22)17(25)14-4-5-18-19-14/h4-5,13H,2-3,6-12H2,1H3,(H,18,19). The summed E-state index contributed by atoms with van der Waals surface area (Å²) in [4.78, 5) is 16.9. The predicted octanol–water partition coefficient (Wildman–Crippen LogP) is 0.390. The quantitative estimate of drug-likeness (QED) is 0.750. The Kier molecular flexibility index (Phi) is 4.98. The molecule has 1 fully saturated rings. The van der Waals surface area contributed by atoms with Crippen LogP contribution in [0.25, 0.3) is 0 Å². The Morgan fingerprint density at radius 3 is 3.00 bits per heavy atom. The number of aryl methyl sites for hydroxylation is 1. The molecular formula is C17H25N7O2. The highest BCUT2D eigenvalue weighted by molar-refractivity contribution is 5.92. The van der Waals surface area contributed by atoms with Gasteiger partial charge in [0.15, 0.2) is 0 Å². The maximum Gasteiger partial charge on any atom is 0.272 e. The van der Waals surface area contributed by atoms with Crippen molar-refractivity contribution in [3.05, 3.63) is 29.3 Å². The topological polar surface area (TPSA) is 92.2 Å². The first-order chi connectivity index (χ1) is 12.7. The minimum Gasteiger partial charge on any atom is -0.379 e. The van der Waals surface area contributed by atoms with Crippen LogP contribution in [0.5, 0.6) is 0 Å². The van der Waals surface area contributed by atoms with Gasteiger partial charge in [0, 0.05) is 32.3 Å². The molecule has 1 unspecified atom stereocenters. The molecule has 1 atom stereocenters. The molecule has 2 aliphatic rings. The summed E-state index contributed by atoms with van der Waals surface area (Å²) in [6, 6.07) is 1.69. The number of carbonyl (C=O) groups excluding carboxylic acids is 1. The molecule has 0 radical (unpaired) electrons. The third-order valence-electron chi connectivity index (χ3n) is 5.20. The zero-order chi connectivity index (χ0) is 17.9. The molecule has 0 spiro atoms. The number of carbonyl (C=O) groups is 1. The lowest BCUT2D eigenvalue weighted by Gasteiger charge is -2.32. The molecule has 140 valence electrons. The SMILES string of the molecule is Cn1nnc2c1C(COCCN1CCCC1)CN(C(=O)c1ccn[nH]1)C2. The van der Waals surface area contributed by atoms with Gasteiger partial charge in [-0.1, -0.05) is 5.21 Å². The lowest BCUT2D eigenvalue weighted by Crippen LogP contribution is -2.40. The van der Waals surface area contributed by atoms with E-state index in [1.54, 1.807) is 17.2 Å². The van der Waals surface area contributed by atoms with E-state index >= 15 is 0 Å². The van der Waals surface area contributed by atoms with Crippen molar-refractivity contribution in [2.45, 2.75) is 25.3 Å². The molecule has 1 N–H and O–H groups in total. The van der Waals surface area contributed by atoms with E-state index in [0.29, 0.717) is 32.0 Å². The number of ether oxygens (including phenoxy) is 1. The summed E-state index contributed by atoms with van der Waals surface area (Å²) >= 11 is 0. The fraction of sp³-hybridized carbons (Fsp3) is 0.647. The van der Waals surface area contributed by atoms with Gasteiger partial charge in [-0.05, 0) is 32.0 Å². The molecular weight excluding hydrogens is 334 g/mol. The van der Waals surface area contributed by atoms with Gasteiger partial charge in [0.05, 0.1) is 25.5 Å². The van der Waals surface area contributed by atoms with E-state index in [9.17, 15) is 4.79 Å². The average Bonchev–Trinajstić information content (AvgIpc) is 3.40. The van der Waals surface area contributed by atoms with Crippen molar-refractivity contribution in [1.29, 1.82) is 0 Å². The van der Waals surface area contributed by atoms with Crippen molar-refractivity contribution in [3.63, 3.8) is 0 Å². The van der Waals surface area contributed by atoms with Gasteiger partial charge in [0.25, 0.3) is 5.91 Å². The summed E-state index contributed by atoms with van der Waals surface area (Å²) < 4.78 is 7.77. The van der Waals surface area contributed by atoms with Gasteiger partial charge in [-0.15, -0.1) is 5.10 Å². The molecule has 2 aromatic rings. The van der Waals surface area contributed by atoms with Crippen LogP contribution in [0.4, 0.5) is 0 Å². The number of likely N-dealkylation sites (tertiary alicyclic amines) is 1. The van der Waals surface area contributed by atoms with Crippen molar-refractivity contribution in [2.24, 2.45) is 7.05 Å². The van der Waals surface area contributed by atoms with Gasteiger partial charge in [-0.3, -0.25) is 14.6 Å². The van der Waals surface area contributed by atoms with Crippen molar-refractivity contribution >= 4 is 5.91 Å². The molecule has 0 aromatic carbocycles. The fourth-order valence-electron chi connectivity index (χ4n) is 3.87. The Bertz CT molecular complexity index is 736. The molecule has 4 heterocycles. The highest BCUT2D eigenvalue weighted by atomic mass is 16.5. The second-order valence-corrected chi connectivity index (χ2v) is 7.02. The van der Waals surface area contributed by atoms with Crippen molar-refractivity contribution in [1.82, 2.24) is 35.0 Å². The third kappa shape index (κ3) is 3.49. The van der Waals surface area contributed by atoms with Crippen LogP contribution in [0.15, 0.2) is 12.3 Å². The Morgan fingerprint density at radius 1 is 1.38 bits per heavy atom. The number of rotatable bonds is 6. The van der Waals surface area contributed by atoms with Crippen LogP contribution in [0.3, 0.4) is 0 Å². The molecule has 1 saturated heterocycles. The normalized spacial score (nSPS) is 20.5. The van der Waals surface area contributed by atoms with Gasteiger partial charge in [0.2, 0.25) is 0 Å². The van der Waals surface area contributed by atoms with Gasteiger partial charge in [-0.2, -0.15) is 5.10 Å². The van der Waals surface area contributed by atoms with Gasteiger partial charge < -0.3 is 14.5 Å². The summed E-state index contributed by atoms with van der Waals surface area (Å²) in [5.74, 6) is 0.00469. The molecule has 0 aliphatic carbocycles. The van der Waals surface area contributed by atoms with Crippen LogP contribution in [-0.2, 0) is 18.3 Å². The molecule has 4 rings (SSSR count). The molecule has 0 bridgehead atoms. The van der Waals surface area contributed by atoms with Crippen molar-refractivity contribution < 1.29 is 9.53 Å². The van der Waals surface area contributed by atoms with Crippen LogP contribution in [-0.4, -0.2) is 80.3 Å². The highest BCUT2D eigenvalue weighted by Crippen LogP contribution is 2.27. The van der Waals surface area contributed by atoms with E-state index < -0.39 is 0 Å². The van der Waals surface area contributed by atoms with Crippen molar-refractivity contribution in [2.75, 3.05) is 39.4 Å². The first kappa shape index (κ1) is 17.2. The van der Waals surface area contributed by atoms with E-state index in [2.05, 4.69) is 25.4 Å². The Labute approximate surface area is 152 Å². The number of nitrogens with zero attached hydrogens (tertiary/aromatic N) is 6. The summed E-state index contributed by atoms with van der Waals surface area (Å²) in [5.41, 5.74) is 2.41. The van der Waals surface area contributed by atoms with E-state index in [4.69, 9.17) is 4.74 Å². The number of aromatic amines is 1. The van der Waals surface area contributed by atoms with E-state index in [1.165, 1.54) is 25.9 Å². The molecule has 9 heteroatoms. The monoisotopic (exact) mass is 359 g/mol. The minimum absolute atomic E-state index is 0.0686. The number of hydrogen-bond acceptors (Lipinski definition) is 6. The molecule has 2 aliphatic heterocycles. The maximum atomic E-state index is 12.7. The largest absolute Gasteiger partial charge is 0.379 e. The summed E-state index contributed by atoms with van der Waals surface area (Å²) in [5, 5.41) is 15.0. The summed E-state index contributed by atoms with van der Waals surface area (Å²) in [7, 11) is 1.90. The third-order valence-corrected chi connectivity index (χ3v) is 5.20. The van der Waals surface area contributed by atoms with Gasteiger partial charge in [-0.25, -0.2) is 0 Å². The summed E-state index contributed by atoms with van der Waals surface area (Å²) in [6.07, 6.45) is 4.17. The number of aromatic nitrogens is 5. The van der Waals surface area contributed by atoms with Crippen LogP contribution >= 0.6 is 0 Å². The molecule has 26 heavy (non-hydrogen) atoms. The summed E-state index contributed by atoms with van der Waals surface area (Å²) in [6.45, 7) is 5.66. The lowest BCUT2D eigenvalue weighted by atomic mass is 9.98. The number of nitrogens with one attached hydrogen (secondary N) is 1. The predicted molar refractivity (Wildman–Crippen MR) is 93.6 cm³/mol. The van der Waals surface area contributed by atoms with Crippen LogP contribution in [0.1, 0.15) is 40.6 Å². The van der Waals surface area contributed by atoms with Crippen LogP contribution in [0, 0.1) is 0 Å². The molecule has 9 nitrogen and oxygen atoms in total.